The molecule has 4 nitrogen and oxygen atoms in total. The van der Waals surface area contributed by atoms with Crippen LogP contribution in [-0.2, 0) is 13.3 Å². The average molecular weight is 593 g/mol. The number of benzene rings is 1. The Morgan fingerprint density at radius 2 is 1.29 bits per heavy atom. The van der Waals surface area contributed by atoms with E-state index in [1.54, 1.807) is 0 Å². The highest BCUT2D eigenvalue weighted by atomic mass is 28.4. The minimum Gasteiger partial charge on any atom is -0.544 e. The van der Waals surface area contributed by atoms with Gasteiger partial charge in [-0.3, -0.25) is 0 Å². The molecule has 0 bridgehead atoms. The number of hydrogen-bond acceptors (Lipinski definition) is 4. The number of fused-ring (bicyclic) bond motifs is 5. The molecule has 0 aromatic heterocycles. The predicted octanol–water partition coefficient (Wildman–Crippen LogP) is 9.16. The summed E-state index contributed by atoms with van der Waals surface area (Å²) in [5, 5.41) is 0. The minimum atomic E-state index is -1.86. The number of hydrogen-bond donors (Lipinski definition) is 0. The lowest BCUT2D eigenvalue weighted by Crippen LogP contribution is -2.55. The maximum Gasteiger partial charge on any atom is 0.242 e. The van der Waals surface area contributed by atoms with Gasteiger partial charge >= 0.3 is 0 Å². The Morgan fingerprint density at radius 1 is 0.684 bits per heavy atom. The van der Waals surface area contributed by atoms with Crippen LogP contribution in [0.5, 0.6) is 5.75 Å². The van der Waals surface area contributed by atoms with E-state index in [9.17, 15) is 0 Å². The lowest BCUT2D eigenvalue weighted by atomic mass is 9.54. The van der Waals surface area contributed by atoms with Crippen LogP contribution in [0.2, 0.25) is 78.6 Å². The molecule has 7 atom stereocenters. The normalized spacial score (nSPS) is 33.9. The summed E-state index contributed by atoms with van der Waals surface area (Å²) in [5.41, 5.74) is 3.04. The molecule has 3 aliphatic rings. The van der Waals surface area contributed by atoms with Crippen LogP contribution in [0.1, 0.15) is 55.8 Å². The van der Waals surface area contributed by atoms with Crippen LogP contribution in [0.25, 0.3) is 0 Å². The summed E-state index contributed by atoms with van der Waals surface area (Å²) in [6.45, 7) is 30.4. The molecule has 8 heteroatoms. The maximum absolute atomic E-state index is 7.27. The first-order valence-corrected chi connectivity index (χ1v) is 28.7. The van der Waals surface area contributed by atoms with E-state index in [0.717, 1.165) is 5.75 Å². The minimum absolute atomic E-state index is 0.0332. The molecule has 0 saturated heterocycles. The van der Waals surface area contributed by atoms with Crippen molar-refractivity contribution in [3.8, 4) is 5.75 Å². The van der Waals surface area contributed by atoms with Crippen LogP contribution in [0, 0.1) is 17.3 Å². The van der Waals surface area contributed by atoms with Gasteiger partial charge in [0.1, 0.15) is 5.75 Å². The third-order valence-electron chi connectivity index (χ3n) is 8.58. The van der Waals surface area contributed by atoms with Gasteiger partial charge in [0.05, 0.1) is 18.3 Å². The second-order valence-electron chi connectivity index (χ2n) is 16.5. The molecule has 4 rings (SSSR count). The molecule has 38 heavy (non-hydrogen) atoms. The molecule has 2 saturated carbocycles. The van der Waals surface area contributed by atoms with Crippen molar-refractivity contribution in [2.24, 2.45) is 17.3 Å². The summed E-state index contributed by atoms with van der Waals surface area (Å²) >= 11 is 0. The van der Waals surface area contributed by atoms with Crippen LogP contribution in [0.3, 0.4) is 0 Å². The second kappa shape index (κ2) is 10.2. The topological polar surface area (TPSA) is 36.9 Å². The molecule has 3 aliphatic carbocycles. The lowest BCUT2D eigenvalue weighted by Gasteiger charge is -2.56. The SMILES string of the molecule is CC12CCC3c4ccc(O[Si](C)(C)C)cc4C(O[Si](C)(C)C)C(O[Si](C)(C)C)C3C1CCC2O[Si](C)(C)C. The Kier molecular flexibility index (Phi) is 8.28. The standard InChI is InChI=1S/C30H56O4Si4/c1-30-19-18-23-22-15-14-21(31-35(2,3)4)20-24(22)28(33-37(8,9)10)29(34-38(11,12)13)27(23)25(30)16-17-26(30)32-36(5,6)7/h14-15,20,23,25-29H,16-19H2,1-13H3. The van der Waals surface area contributed by atoms with Crippen molar-refractivity contribution >= 4 is 33.3 Å². The highest BCUT2D eigenvalue weighted by Crippen LogP contribution is 2.64. The molecule has 0 N–H and O–H groups in total. The van der Waals surface area contributed by atoms with Gasteiger partial charge in [-0.25, -0.2) is 0 Å². The highest BCUT2D eigenvalue weighted by Gasteiger charge is 2.60. The van der Waals surface area contributed by atoms with Gasteiger partial charge in [-0.2, -0.15) is 0 Å². The van der Waals surface area contributed by atoms with Gasteiger partial charge in [-0.1, -0.05) is 13.0 Å². The van der Waals surface area contributed by atoms with E-state index in [-0.39, 0.29) is 17.6 Å². The first kappa shape index (κ1) is 30.7. The monoisotopic (exact) mass is 592 g/mol. The predicted molar refractivity (Wildman–Crippen MR) is 170 cm³/mol. The third kappa shape index (κ3) is 6.79. The lowest BCUT2D eigenvalue weighted by molar-refractivity contribution is -0.0911. The van der Waals surface area contributed by atoms with Crippen molar-refractivity contribution in [1.29, 1.82) is 0 Å². The van der Waals surface area contributed by atoms with Crippen molar-refractivity contribution < 1.29 is 17.7 Å². The fourth-order valence-electron chi connectivity index (χ4n) is 7.58. The van der Waals surface area contributed by atoms with Gasteiger partial charge in [0, 0.05) is 0 Å². The zero-order valence-corrected chi connectivity index (χ0v) is 30.7. The third-order valence-corrected chi connectivity index (χ3v) is 12.4. The summed E-state index contributed by atoms with van der Waals surface area (Å²) in [6, 6.07) is 6.95. The molecule has 1 aromatic carbocycles. The Bertz CT molecular complexity index is 1000. The summed E-state index contributed by atoms with van der Waals surface area (Å²) in [7, 11) is -7.06. The molecule has 0 spiro atoms. The van der Waals surface area contributed by atoms with Crippen molar-refractivity contribution in [2.75, 3.05) is 0 Å². The summed E-state index contributed by atoms with van der Waals surface area (Å²) < 4.78 is 27.8. The molecular weight excluding hydrogens is 537 g/mol. The van der Waals surface area contributed by atoms with Gasteiger partial charge in [0.15, 0.2) is 25.0 Å². The smallest absolute Gasteiger partial charge is 0.242 e. The van der Waals surface area contributed by atoms with Gasteiger partial charge in [-0.15, -0.1) is 0 Å². The average Bonchev–Trinajstić information content (AvgIpc) is 3.02. The van der Waals surface area contributed by atoms with Crippen molar-refractivity contribution in [3.05, 3.63) is 29.3 Å². The van der Waals surface area contributed by atoms with E-state index in [4.69, 9.17) is 17.7 Å². The molecule has 216 valence electrons. The zero-order chi connectivity index (χ0) is 28.5. The molecule has 0 radical (unpaired) electrons. The molecule has 2 fully saturated rings. The Labute approximate surface area is 238 Å². The van der Waals surface area contributed by atoms with Crippen LogP contribution in [0.4, 0.5) is 0 Å². The van der Waals surface area contributed by atoms with Gasteiger partial charge in [0.25, 0.3) is 0 Å². The Balaban J connectivity index is 1.84. The van der Waals surface area contributed by atoms with Crippen molar-refractivity contribution in [1.82, 2.24) is 0 Å². The quantitative estimate of drug-likeness (QED) is 0.282. The molecule has 0 amide bonds. The van der Waals surface area contributed by atoms with Gasteiger partial charge < -0.3 is 17.7 Å². The van der Waals surface area contributed by atoms with Crippen LogP contribution < -0.4 is 4.43 Å². The van der Waals surface area contributed by atoms with E-state index in [1.165, 1.54) is 36.8 Å². The molecule has 0 heterocycles. The number of rotatable bonds is 8. The molecule has 7 unspecified atom stereocenters. The first-order valence-electron chi connectivity index (χ1n) is 15.0. The maximum atomic E-state index is 7.27. The molecule has 1 aromatic rings. The van der Waals surface area contributed by atoms with Gasteiger partial charge in [-0.05, 0) is 151 Å². The summed E-state index contributed by atoms with van der Waals surface area (Å²) in [4.78, 5) is 0. The molecule has 0 aliphatic heterocycles. The van der Waals surface area contributed by atoms with E-state index >= 15 is 0 Å². The summed E-state index contributed by atoms with van der Waals surface area (Å²) in [5.74, 6) is 2.58. The zero-order valence-electron chi connectivity index (χ0n) is 26.7. The van der Waals surface area contributed by atoms with E-state index in [1.807, 2.05) is 0 Å². The highest BCUT2D eigenvalue weighted by molar-refractivity contribution is 6.71. The van der Waals surface area contributed by atoms with Gasteiger partial charge in [0.2, 0.25) is 8.32 Å². The van der Waals surface area contributed by atoms with E-state index in [0.29, 0.717) is 23.9 Å². The Hall–Kier alpha value is -0.232. The fourth-order valence-corrected chi connectivity index (χ4v) is 11.8. The summed E-state index contributed by atoms with van der Waals surface area (Å²) in [6.07, 6.45) is 5.29. The fraction of sp³-hybridized carbons (Fsp3) is 0.800. The Morgan fingerprint density at radius 3 is 1.84 bits per heavy atom. The largest absolute Gasteiger partial charge is 0.544 e. The van der Waals surface area contributed by atoms with E-state index < -0.39 is 33.3 Å². The van der Waals surface area contributed by atoms with Crippen molar-refractivity contribution in [2.45, 2.75) is 135 Å². The first-order chi connectivity index (χ1) is 17.2. The van der Waals surface area contributed by atoms with Crippen molar-refractivity contribution in [3.63, 3.8) is 0 Å². The van der Waals surface area contributed by atoms with E-state index in [2.05, 4.69) is 104 Å². The van der Waals surface area contributed by atoms with Crippen LogP contribution >= 0.6 is 0 Å². The molecular formula is C30H56O4Si4. The second-order valence-corrected chi connectivity index (χ2v) is 34.3. The van der Waals surface area contributed by atoms with Crippen LogP contribution in [-0.4, -0.2) is 45.5 Å². The van der Waals surface area contributed by atoms with Crippen LogP contribution in [0.15, 0.2) is 18.2 Å².